The number of carbonyl (C=O) groups excluding carboxylic acids is 1. The highest BCUT2D eigenvalue weighted by Gasteiger charge is 2.10. The van der Waals surface area contributed by atoms with Gasteiger partial charge in [-0.15, -0.1) is 0 Å². The second kappa shape index (κ2) is 4.80. The molecular weight excluding hydrogens is 176 g/mol. The molecule has 1 aromatic carbocycles. The molecule has 0 N–H and O–H groups in total. The molecule has 0 saturated heterocycles. The van der Waals surface area contributed by atoms with E-state index in [0.717, 1.165) is 17.7 Å². The van der Waals surface area contributed by atoms with Crippen molar-refractivity contribution in [1.29, 1.82) is 0 Å². The molecule has 76 valence electrons. The van der Waals surface area contributed by atoms with Gasteiger partial charge in [0, 0.05) is 0 Å². The van der Waals surface area contributed by atoms with Crippen molar-refractivity contribution >= 4 is 5.78 Å². The normalized spacial score (nSPS) is 12.2. The largest absolute Gasteiger partial charge is 0.483 e. The van der Waals surface area contributed by atoms with Crippen LogP contribution in [0.25, 0.3) is 0 Å². The summed E-state index contributed by atoms with van der Waals surface area (Å²) in [6.45, 7) is 5.38. The van der Waals surface area contributed by atoms with E-state index in [1.54, 1.807) is 13.8 Å². The molecule has 1 aromatic rings. The zero-order valence-corrected chi connectivity index (χ0v) is 8.91. The Morgan fingerprint density at radius 1 is 1.43 bits per heavy atom. The summed E-state index contributed by atoms with van der Waals surface area (Å²) in [4.78, 5) is 11.0. The summed E-state index contributed by atoms with van der Waals surface area (Å²) in [5.41, 5.74) is 1.14. The van der Waals surface area contributed by atoms with Gasteiger partial charge in [0.25, 0.3) is 0 Å². The first-order valence-electron chi connectivity index (χ1n) is 4.90. The third-order valence-corrected chi connectivity index (χ3v) is 2.23. The van der Waals surface area contributed by atoms with Crippen LogP contribution in [0.2, 0.25) is 0 Å². The number of hydrogen-bond acceptors (Lipinski definition) is 2. The highest BCUT2D eigenvalue weighted by Crippen LogP contribution is 2.19. The van der Waals surface area contributed by atoms with Crippen LogP contribution in [-0.2, 0) is 11.2 Å². The summed E-state index contributed by atoms with van der Waals surface area (Å²) in [6, 6.07) is 7.81. The number of carbonyl (C=O) groups is 1. The molecule has 2 heteroatoms. The first kappa shape index (κ1) is 10.8. The number of para-hydroxylation sites is 1. The van der Waals surface area contributed by atoms with Crippen molar-refractivity contribution in [3.8, 4) is 5.75 Å². The van der Waals surface area contributed by atoms with Gasteiger partial charge in [-0.2, -0.15) is 0 Å². The van der Waals surface area contributed by atoms with Crippen LogP contribution in [0.4, 0.5) is 0 Å². The summed E-state index contributed by atoms with van der Waals surface area (Å²) in [5, 5.41) is 0. The molecule has 2 nitrogen and oxygen atoms in total. The first-order chi connectivity index (χ1) is 6.65. The predicted octanol–water partition coefficient (Wildman–Crippen LogP) is 2.61. The van der Waals surface area contributed by atoms with Crippen LogP contribution >= 0.6 is 0 Å². The maximum atomic E-state index is 11.0. The Balaban J connectivity index is 2.80. The van der Waals surface area contributed by atoms with E-state index in [-0.39, 0.29) is 11.9 Å². The van der Waals surface area contributed by atoms with E-state index >= 15 is 0 Å². The molecule has 0 bridgehead atoms. The number of aryl methyl sites for hydroxylation is 1. The maximum absolute atomic E-state index is 11.0. The Morgan fingerprint density at radius 3 is 2.64 bits per heavy atom. The van der Waals surface area contributed by atoms with Gasteiger partial charge in [0.05, 0.1) is 0 Å². The SMILES string of the molecule is CCc1ccccc1OC(C)C(C)=O. The Labute approximate surface area is 84.9 Å². The second-order valence-corrected chi connectivity index (χ2v) is 3.33. The van der Waals surface area contributed by atoms with Gasteiger partial charge in [-0.05, 0) is 31.9 Å². The molecule has 1 atom stereocenters. The number of hydrogen-bond donors (Lipinski definition) is 0. The van der Waals surface area contributed by atoms with Crippen molar-refractivity contribution in [2.75, 3.05) is 0 Å². The average Bonchev–Trinajstić information content (AvgIpc) is 2.18. The summed E-state index contributed by atoms with van der Waals surface area (Å²) in [7, 11) is 0. The van der Waals surface area contributed by atoms with E-state index < -0.39 is 0 Å². The molecule has 1 rings (SSSR count). The van der Waals surface area contributed by atoms with Crippen LogP contribution in [0.15, 0.2) is 24.3 Å². The van der Waals surface area contributed by atoms with Gasteiger partial charge in [-0.25, -0.2) is 0 Å². The van der Waals surface area contributed by atoms with Crippen molar-refractivity contribution in [1.82, 2.24) is 0 Å². The minimum Gasteiger partial charge on any atom is -0.483 e. The van der Waals surface area contributed by atoms with E-state index in [1.807, 2.05) is 24.3 Å². The molecule has 0 heterocycles. The van der Waals surface area contributed by atoms with Crippen LogP contribution in [0.1, 0.15) is 26.3 Å². The predicted molar refractivity (Wildman–Crippen MR) is 56.6 cm³/mol. The topological polar surface area (TPSA) is 26.3 Å². The van der Waals surface area contributed by atoms with Crippen LogP contribution in [0.3, 0.4) is 0 Å². The summed E-state index contributed by atoms with van der Waals surface area (Å²) in [6.07, 6.45) is 0.559. The van der Waals surface area contributed by atoms with E-state index in [9.17, 15) is 4.79 Å². The van der Waals surface area contributed by atoms with Gasteiger partial charge in [0.15, 0.2) is 11.9 Å². The maximum Gasteiger partial charge on any atom is 0.169 e. The molecule has 0 saturated carbocycles. The first-order valence-corrected chi connectivity index (χ1v) is 4.90. The molecule has 0 aliphatic rings. The quantitative estimate of drug-likeness (QED) is 0.733. The van der Waals surface area contributed by atoms with Crippen molar-refractivity contribution in [3.63, 3.8) is 0 Å². The van der Waals surface area contributed by atoms with Crippen LogP contribution in [-0.4, -0.2) is 11.9 Å². The number of ether oxygens (including phenoxy) is 1. The van der Waals surface area contributed by atoms with E-state index in [0.29, 0.717) is 0 Å². The van der Waals surface area contributed by atoms with E-state index in [4.69, 9.17) is 4.74 Å². The Hall–Kier alpha value is -1.31. The number of Topliss-reactive ketones (excluding diaryl/α,β-unsaturated/α-hetero) is 1. The van der Waals surface area contributed by atoms with Gasteiger partial charge in [0.1, 0.15) is 5.75 Å². The number of benzene rings is 1. The monoisotopic (exact) mass is 192 g/mol. The highest BCUT2D eigenvalue weighted by molar-refractivity contribution is 5.80. The molecule has 0 aromatic heterocycles. The molecule has 0 fully saturated rings. The average molecular weight is 192 g/mol. The molecule has 0 aliphatic carbocycles. The van der Waals surface area contributed by atoms with Gasteiger partial charge < -0.3 is 4.74 Å². The minimum absolute atomic E-state index is 0.0518. The smallest absolute Gasteiger partial charge is 0.169 e. The van der Waals surface area contributed by atoms with Crippen molar-refractivity contribution in [3.05, 3.63) is 29.8 Å². The Bertz CT molecular complexity index is 318. The van der Waals surface area contributed by atoms with E-state index in [1.165, 1.54) is 0 Å². The number of ketones is 1. The lowest BCUT2D eigenvalue weighted by molar-refractivity contribution is -0.122. The highest BCUT2D eigenvalue weighted by atomic mass is 16.5. The molecule has 0 spiro atoms. The van der Waals surface area contributed by atoms with Crippen LogP contribution in [0.5, 0.6) is 5.75 Å². The molecule has 0 radical (unpaired) electrons. The lowest BCUT2D eigenvalue weighted by Crippen LogP contribution is -2.21. The zero-order chi connectivity index (χ0) is 10.6. The molecule has 0 amide bonds. The van der Waals surface area contributed by atoms with Crippen molar-refractivity contribution in [2.45, 2.75) is 33.3 Å². The van der Waals surface area contributed by atoms with Gasteiger partial charge in [-0.1, -0.05) is 25.1 Å². The van der Waals surface area contributed by atoms with Crippen molar-refractivity contribution < 1.29 is 9.53 Å². The van der Waals surface area contributed by atoms with Gasteiger partial charge in [0.2, 0.25) is 0 Å². The summed E-state index contributed by atoms with van der Waals surface area (Å²) < 4.78 is 5.55. The minimum atomic E-state index is -0.359. The molecular formula is C12H16O2. The van der Waals surface area contributed by atoms with Crippen LogP contribution < -0.4 is 4.74 Å². The van der Waals surface area contributed by atoms with Gasteiger partial charge >= 0.3 is 0 Å². The third kappa shape index (κ3) is 2.59. The molecule has 1 unspecified atom stereocenters. The summed E-state index contributed by atoms with van der Waals surface area (Å²) in [5.74, 6) is 0.869. The Morgan fingerprint density at radius 2 is 2.07 bits per heavy atom. The van der Waals surface area contributed by atoms with Crippen LogP contribution in [0, 0.1) is 0 Å². The van der Waals surface area contributed by atoms with Crippen molar-refractivity contribution in [2.24, 2.45) is 0 Å². The third-order valence-electron chi connectivity index (χ3n) is 2.23. The Kier molecular flexibility index (Phi) is 3.69. The van der Waals surface area contributed by atoms with Gasteiger partial charge in [-0.3, -0.25) is 4.79 Å². The fourth-order valence-corrected chi connectivity index (χ4v) is 1.18. The standard InChI is InChI=1S/C12H16O2/c1-4-11-7-5-6-8-12(11)14-10(3)9(2)13/h5-8,10H,4H2,1-3H3. The fraction of sp³-hybridized carbons (Fsp3) is 0.417. The molecule has 0 aliphatic heterocycles. The summed E-state index contributed by atoms with van der Waals surface area (Å²) >= 11 is 0. The van der Waals surface area contributed by atoms with E-state index in [2.05, 4.69) is 6.92 Å². The molecule has 14 heavy (non-hydrogen) atoms. The zero-order valence-electron chi connectivity index (χ0n) is 8.91. The lowest BCUT2D eigenvalue weighted by atomic mass is 10.1. The lowest BCUT2D eigenvalue weighted by Gasteiger charge is -2.14. The second-order valence-electron chi connectivity index (χ2n) is 3.33. The fourth-order valence-electron chi connectivity index (χ4n) is 1.18. The number of rotatable bonds is 4.